The zero-order chi connectivity index (χ0) is 13.1. The highest BCUT2D eigenvalue weighted by Gasteiger charge is 2.18. The molecule has 0 bridgehead atoms. The van der Waals surface area contributed by atoms with E-state index < -0.39 is 0 Å². The molecule has 2 rings (SSSR count). The zero-order valence-electron chi connectivity index (χ0n) is 10.8. The fourth-order valence-corrected chi connectivity index (χ4v) is 3.19. The van der Waals surface area contributed by atoms with Crippen molar-refractivity contribution in [3.05, 3.63) is 27.7 Å². The van der Waals surface area contributed by atoms with Crippen LogP contribution < -0.4 is 10.6 Å². The van der Waals surface area contributed by atoms with Crippen LogP contribution in [0.2, 0.25) is 0 Å². The normalized spacial score (nSPS) is 18.9. The lowest BCUT2D eigenvalue weighted by molar-refractivity contribution is -0.116. The van der Waals surface area contributed by atoms with E-state index in [-0.39, 0.29) is 5.91 Å². The predicted molar refractivity (Wildman–Crippen MR) is 77.9 cm³/mol. The van der Waals surface area contributed by atoms with Gasteiger partial charge >= 0.3 is 0 Å². The summed E-state index contributed by atoms with van der Waals surface area (Å²) in [6.07, 6.45) is 2.83. The maximum absolute atomic E-state index is 12.0. The molecule has 1 amide bonds. The number of hydrogen-bond donors (Lipinski definition) is 2. The molecule has 0 saturated carbocycles. The average Bonchev–Trinajstić information content (AvgIpc) is 2.76. The van der Waals surface area contributed by atoms with Crippen molar-refractivity contribution in [1.82, 2.24) is 5.32 Å². The van der Waals surface area contributed by atoms with Gasteiger partial charge in [-0.3, -0.25) is 4.79 Å². The number of nitrogens with one attached hydrogen (secondary N) is 2. The molecule has 1 unspecified atom stereocenters. The van der Waals surface area contributed by atoms with Gasteiger partial charge in [-0.05, 0) is 66.4 Å². The molecule has 1 aliphatic heterocycles. The molecule has 1 aliphatic rings. The highest BCUT2D eigenvalue weighted by Crippen LogP contribution is 2.28. The van der Waals surface area contributed by atoms with Crippen LogP contribution in [0.25, 0.3) is 0 Å². The summed E-state index contributed by atoms with van der Waals surface area (Å²) in [7, 11) is 0. The maximum atomic E-state index is 12.0. The van der Waals surface area contributed by atoms with E-state index in [1.165, 1.54) is 12.0 Å². The van der Waals surface area contributed by atoms with E-state index in [0.29, 0.717) is 12.5 Å². The Hall–Kier alpha value is -0.870. The fraction of sp³-hybridized carbons (Fsp3) is 0.500. The minimum absolute atomic E-state index is 0.0852. The van der Waals surface area contributed by atoms with Crippen LogP contribution >= 0.6 is 15.9 Å². The summed E-state index contributed by atoms with van der Waals surface area (Å²) in [5.74, 6) is 0.0852. The van der Waals surface area contributed by atoms with Crippen molar-refractivity contribution in [3.8, 4) is 0 Å². The van der Waals surface area contributed by atoms with Crippen molar-refractivity contribution in [2.75, 3.05) is 11.9 Å². The van der Waals surface area contributed by atoms with Gasteiger partial charge in [0.05, 0.1) is 5.69 Å². The largest absolute Gasteiger partial charge is 0.325 e. The summed E-state index contributed by atoms with van der Waals surface area (Å²) in [5.41, 5.74) is 3.17. The Bertz CT molecular complexity index is 430. The number of amides is 1. The molecule has 3 nitrogen and oxygen atoms in total. The van der Waals surface area contributed by atoms with Crippen LogP contribution in [0, 0.1) is 13.8 Å². The molecular formula is C14H19BrN2O. The Morgan fingerprint density at radius 2 is 2.28 bits per heavy atom. The molecule has 18 heavy (non-hydrogen) atoms. The van der Waals surface area contributed by atoms with Crippen molar-refractivity contribution in [2.45, 2.75) is 39.2 Å². The Morgan fingerprint density at radius 1 is 1.50 bits per heavy atom. The van der Waals surface area contributed by atoms with E-state index in [9.17, 15) is 4.79 Å². The first kappa shape index (κ1) is 13.6. The van der Waals surface area contributed by atoms with Crippen molar-refractivity contribution in [3.63, 3.8) is 0 Å². The molecule has 98 valence electrons. The smallest absolute Gasteiger partial charge is 0.225 e. The third kappa shape index (κ3) is 3.33. The number of aryl methyl sites for hydroxylation is 2. The van der Waals surface area contributed by atoms with Gasteiger partial charge < -0.3 is 10.6 Å². The van der Waals surface area contributed by atoms with Gasteiger partial charge in [-0.25, -0.2) is 0 Å². The summed E-state index contributed by atoms with van der Waals surface area (Å²) >= 11 is 3.51. The van der Waals surface area contributed by atoms with Crippen molar-refractivity contribution < 1.29 is 4.79 Å². The molecule has 1 atom stereocenters. The lowest BCUT2D eigenvalue weighted by atomic mass is 10.1. The molecule has 1 aromatic carbocycles. The summed E-state index contributed by atoms with van der Waals surface area (Å²) < 4.78 is 0.952. The fourth-order valence-electron chi connectivity index (χ4n) is 2.42. The van der Waals surface area contributed by atoms with Crippen LogP contribution in [0.15, 0.2) is 16.6 Å². The highest BCUT2D eigenvalue weighted by atomic mass is 79.9. The summed E-state index contributed by atoms with van der Waals surface area (Å²) in [6.45, 7) is 5.10. The molecule has 0 aromatic heterocycles. The van der Waals surface area contributed by atoms with Crippen molar-refractivity contribution >= 4 is 27.5 Å². The van der Waals surface area contributed by atoms with Crippen LogP contribution in [0.3, 0.4) is 0 Å². The first-order valence-corrected chi connectivity index (χ1v) is 7.15. The van der Waals surface area contributed by atoms with Gasteiger partial charge in [0.1, 0.15) is 0 Å². The average molecular weight is 311 g/mol. The predicted octanol–water partition coefficient (Wildman–Crippen LogP) is 3.15. The summed E-state index contributed by atoms with van der Waals surface area (Å²) in [5, 5.41) is 6.35. The Labute approximate surface area is 116 Å². The molecule has 1 fully saturated rings. The quantitative estimate of drug-likeness (QED) is 0.900. The first-order valence-electron chi connectivity index (χ1n) is 6.36. The van der Waals surface area contributed by atoms with Crippen molar-refractivity contribution in [2.24, 2.45) is 0 Å². The van der Waals surface area contributed by atoms with E-state index >= 15 is 0 Å². The molecule has 1 heterocycles. The van der Waals surface area contributed by atoms with Crippen LogP contribution in [-0.2, 0) is 4.79 Å². The maximum Gasteiger partial charge on any atom is 0.225 e. The number of anilines is 1. The number of hydrogen-bond acceptors (Lipinski definition) is 2. The van der Waals surface area contributed by atoms with E-state index in [1.807, 2.05) is 19.9 Å². The highest BCUT2D eigenvalue weighted by molar-refractivity contribution is 9.10. The molecule has 2 N–H and O–H groups in total. The van der Waals surface area contributed by atoms with E-state index in [2.05, 4.69) is 32.6 Å². The lowest BCUT2D eigenvalue weighted by Crippen LogP contribution is -2.27. The topological polar surface area (TPSA) is 41.1 Å². The molecule has 4 heteroatoms. The first-order chi connectivity index (χ1) is 8.56. The Kier molecular flexibility index (Phi) is 4.40. The Morgan fingerprint density at radius 3 is 2.89 bits per heavy atom. The number of carbonyl (C=O) groups is 1. The SMILES string of the molecule is Cc1cc(C)c(NC(=O)CC2CCCN2)c(Br)c1. The van der Waals surface area contributed by atoms with Gasteiger partial charge in [0, 0.05) is 16.9 Å². The van der Waals surface area contributed by atoms with Crippen LogP contribution in [0.1, 0.15) is 30.4 Å². The molecule has 0 radical (unpaired) electrons. The van der Waals surface area contributed by atoms with E-state index in [1.54, 1.807) is 0 Å². The van der Waals surface area contributed by atoms with Gasteiger partial charge in [-0.15, -0.1) is 0 Å². The monoisotopic (exact) mass is 310 g/mol. The minimum atomic E-state index is 0.0852. The Balaban J connectivity index is 2.02. The minimum Gasteiger partial charge on any atom is -0.325 e. The molecule has 1 aromatic rings. The molecule has 1 saturated heterocycles. The number of carbonyl (C=O) groups excluding carboxylic acids is 1. The van der Waals surface area contributed by atoms with Gasteiger partial charge in [-0.2, -0.15) is 0 Å². The van der Waals surface area contributed by atoms with Crippen LogP contribution in [0.4, 0.5) is 5.69 Å². The molecule has 0 aliphatic carbocycles. The van der Waals surface area contributed by atoms with Crippen LogP contribution in [0.5, 0.6) is 0 Å². The van der Waals surface area contributed by atoms with E-state index in [0.717, 1.165) is 28.7 Å². The van der Waals surface area contributed by atoms with E-state index in [4.69, 9.17) is 0 Å². The second-order valence-corrected chi connectivity index (χ2v) is 5.84. The van der Waals surface area contributed by atoms with Gasteiger partial charge in [0.2, 0.25) is 5.91 Å². The zero-order valence-corrected chi connectivity index (χ0v) is 12.4. The molecular weight excluding hydrogens is 292 g/mol. The van der Waals surface area contributed by atoms with Crippen LogP contribution in [-0.4, -0.2) is 18.5 Å². The van der Waals surface area contributed by atoms with Crippen molar-refractivity contribution in [1.29, 1.82) is 0 Å². The van der Waals surface area contributed by atoms with Gasteiger partial charge in [0.15, 0.2) is 0 Å². The third-order valence-corrected chi connectivity index (χ3v) is 3.92. The second kappa shape index (κ2) is 5.85. The number of rotatable bonds is 3. The number of halogens is 1. The second-order valence-electron chi connectivity index (χ2n) is 4.98. The van der Waals surface area contributed by atoms with Gasteiger partial charge in [-0.1, -0.05) is 6.07 Å². The number of benzene rings is 1. The standard InChI is InChI=1S/C14H19BrN2O/c1-9-6-10(2)14(12(15)7-9)17-13(18)8-11-4-3-5-16-11/h6-7,11,16H,3-5,8H2,1-2H3,(H,17,18). The third-order valence-electron chi connectivity index (χ3n) is 3.29. The lowest BCUT2D eigenvalue weighted by Gasteiger charge is -2.14. The molecule has 0 spiro atoms. The summed E-state index contributed by atoms with van der Waals surface area (Å²) in [6, 6.07) is 4.44. The summed E-state index contributed by atoms with van der Waals surface area (Å²) in [4.78, 5) is 12.0. The van der Waals surface area contributed by atoms with Gasteiger partial charge in [0.25, 0.3) is 0 Å².